The molecule has 26 nitrogen and oxygen atoms in total. The number of aliphatic hydroxyl groups excluding tert-OH is 1. The van der Waals surface area contributed by atoms with E-state index in [1.165, 1.54) is 17.4 Å². The van der Waals surface area contributed by atoms with E-state index < -0.39 is 98.3 Å². The molecule has 1 saturated heterocycles. The van der Waals surface area contributed by atoms with E-state index in [-0.39, 0.29) is 82.8 Å². The van der Waals surface area contributed by atoms with E-state index in [0.29, 0.717) is 18.5 Å². The molecule has 1 aliphatic heterocycles. The zero-order valence-corrected chi connectivity index (χ0v) is 41.6. The molecule has 2 heterocycles. The molecule has 1 unspecified atom stereocenters. The van der Waals surface area contributed by atoms with Gasteiger partial charge in [0.15, 0.2) is 0 Å². The number of likely N-dealkylation sites (tertiary alicyclic amines) is 1. The van der Waals surface area contributed by atoms with Gasteiger partial charge in [0.2, 0.25) is 41.4 Å². The predicted octanol–water partition coefficient (Wildman–Crippen LogP) is -2.69. The summed E-state index contributed by atoms with van der Waals surface area (Å²) in [6.07, 6.45) is 2.96. The van der Waals surface area contributed by atoms with Crippen LogP contribution in [-0.4, -0.2) is 178 Å². The van der Waals surface area contributed by atoms with Gasteiger partial charge in [0, 0.05) is 43.2 Å². The fourth-order valence-corrected chi connectivity index (χ4v) is 7.75. The Morgan fingerprint density at radius 1 is 0.944 bits per heavy atom. The Balaban J connectivity index is 1.73. The minimum Gasteiger partial charge on any atom is -0.394 e. The second-order valence-corrected chi connectivity index (χ2v) is 18.4. The third kappa shape index (κ3) is 22.2. The molecule has 0 aliphatic carbocycles. The molecule has 71 heavy (non-hydrogen) atoms. The zero-order valence-electron chi connectivity index (χ0n) is 39.8. The summed E-state index contributed by atoms with van der Waals surface area (Å²) in [5, 5.41) is 26.6. The average molecular weight is 1040 g/mol. The maximum Gasteiger partial charge on any atom is 0.469 e. The lowest BCUT2D eigenvalue weighted by molar-refractivity contribution is -0.140. The number of oxime groups is 1. The molecule has 0 spiro atoms. The van der Waals surface area contributed by atoms with Crippen molar-refractivity contribution in [3.05, 3.63) is 54.1 Å². The molecular formula is C43H68N11O15PS. The molecule has 7 amide bonds. The van der Waals surface area contributed by atoms with Crippen molar-refractivity contribution in [1.29, 1.82) is 0 Å². The topological polar surface area (TPSA) is 391 Å². The molecule has 2 aromatic rings. The summed E-state index contributed by atoms with van der Waals surface area (Å²) in [5.74, 6) is -5.74. The zero-order chi connectivity index (χ0) is 52.5. The summed E-state index contributed by atoms with van der Waals surface area (Å²) in [6, 6.07) is 1.57. The molecule has 8 atom stereocenters. The first-order valence-electron chi connectivity index (χ1n) is 22.9. The van der Waals surface area contributed by atoms with Gasteiger partial charge in [-0.2, -0.15) is 12.6 Å². The predicted molar refractivity (Wildman–Crippen MR) is 258 cm³/mol. The maximum atomic E-state index is 14.2. The number of nitrogens with one attached hydrogen (secondary N) is 6. The summed E-state index contributed by atoms with van der Waals surface area (Å²) in [5.41, 5.74) is 12.4. The standard InChI is InChI=1S/C43H68N11O15PS/c1-26(2)18-32(40(59)50-33(19-29-21-46-25-48-29)41(60)52-34(23-55)42(61)53-37(38(45)57)27(3)69-70(63,64)65)51-43(62)35-20-30(68-49-12-7-10-28-8-5-4-6-9-28)22-54(35)36(56)11-14-66-16-17-67-15-13-47-39(58)31(44)24-71/h4-6,8-9,12,21,25-27,30-35,37,55,71H,7,10-11,13-20,22-24,44H2,1-3H3,(H2,45,57)(H,46,48)(H,47,58)(H,50,59)(H,51,62)(H,52,60)(H,53,61)(H2,63,64,65)/b49-12-/t27?,30-,31-,32-,33-,34-,35-,37-/m0/s1. The van der Waals surface area contributed by atoms with Crippen LogP contribution in [0.2, 0.25) is 0 Å². The van der Waals surface area contributed by atoms with Gasteiger partial charge >= 0.3 is 7.82 Å². The first-order chi connectivity index (χ1) is 33.7. The summed E-state index contributed by atoms with van der Waals surface area (Å²) in [6.45, 7) is 4.32. The number of thiol groups is 1. The average Bonchev–Trinajstić information content (AvgIpc) is 4.01. The lowest BCUT2D eigenvalue weighted by atomic mass is 10.0. The molecule has 28 heteroatoms. The number of primary amides is 1. The lowest BCUT2D eigenvalue weighted by Crippen LogP contribution is -2.61. The third-order valence-corrected chi connectivity index (χ3v) is 11.6. The fraction of sp³-hybridized carbons (Fsp3) is 0.605. The van der Waals surface area contributed by atoms with Crippen LogP contribution in [0.1, 0.15) is 57.7 Å². The number of rotatable bonds is 33. The molecule has 0 saturated carbocycles. The van der Waals surface area contributed by atoms with Gasteiger partial charge in [-0.3, -0.25) is 38.1 Å². The summed E-state index contributed by atoms with van der Waals surface area (Å²) >= 11 is 3.99. The van der Waals surface area contributed by atoms with Gasteiger partial charge in [0.1, 0.15) is 36.3 Å². The number of carbonyl (C=O) groups is 7. The number of ether oxygens (including phenoxy) is 2. The van der Waals surface area contributed by atoms with Gasteiger partial charge in [0.25, 0.3) is 0 Å². The SMILES string of the molecule is CC(C)C[C@H](NC(=O)[C@@H]1C[C@H](O/N=C\CCc2ccccc2)CN1C(=O)CCOCCOCCNC(=O)[C@@H](N)CS)C(=O)N[C@@H](Cc1cnc[nH]1)C(=O)N[C@@H](CO)C(=O)N[C@H](C(N)=O)C(C)OP(=O)(O)O. The lowest BCUT2D eigenvalue weighted by Gasteiger charge is -2.28. The highest BCUT2D eigenvalue weighted by atomic mass is 32.1. The number of aliphatic hydroxyl groups is 1. The van der Waals surface area contributed by atoms with E-state index in [1.807, 2.05) is 30.3 Å². The van der Waals surface area contributed by atoms with Gasteiger partial charge in [-0.05, 0) is 37.7 Å². The number of phosphoric acid groups is 1. The number of aromatic nitrogens is 2. The van der Waals surface area contributed by atoms with Crippen LogP contribution in [0.4, 0.5) is 0 Å². The Labute approximate surface area is 416 Å². The summed E-state index contributed by atoms with van der Waals surface area (Å²) in [4.78, 5) is 125. The number of nitrogens with two attached hydrogens (primary N) is 2. The van der Waals surface area contributed by atoms with E-state index in [2.05, 4.69) is 58.9 Å². The molecule has 13 N–H and O–H groups in total. The van der Waals surface area contributed by atoms with Gasteiger partial charge in [-0.15, -0.1) is 0 Å². The number of hydrogen-bond acceptors (Lipinski definition) is 17. The van der Waals surface area contributed by atoms with Gasteiger partial charge in [0.05, 0.1) is 64.5 Å². The van der Waals surface area contributed by atoms with Crippen LogP contribution in [0.3, 0.4) is 0 Å². The monoisotopic (exact) mass is 1040 g/mol. The van der Waals surface area contributed by atoms with Gasteiger partial charge in [-0.25, -0.2) is 9.55 Å². The van der Waals surface area contributed by atoms with E-state index in [0.717, 1.165) is 12.5 Å². The number of carbonyl (C=O) groups excluding carboxylic acids is 7. The molecular weight excluding hydrogens is 974 g/mol. The van der Waals surface area contributed by atoms with E-state index >= 15 is 0 Å². The van der Waals surface area contributed by atoms with Crippen LogP contribution >= 0.6 is 20.5 Å². The van der Waals surface area contributed by atoms with Gasteiger partial charge in [-0.1, -0.05) is 49.3 Å². The molecule has 3 rings (SSSR count). The number of benzene rings is 1. The second-order valence-electron chi connectivity index (χ2n) is 16.9. The summed E-state index contributed by atoms with van der Waals surface area (Å²) in [7, 11) is -5.14. The highest BCUT2D eigenvalue weighted by Crippen LogP contribution is 2.38. The maximum absolute atomic E-state index is 14.2. The van der Waals surface area contributed by atoms with E-state index in [1.54, 1.807) is 20.1 Å². The third-order valence-electron chi connectivity index (χ3n) is 10.6. The number of amides is 7. The molecule has 1 aromatic carbocycles. The Bertz CT molecular complexity index is 2090. The number of H-pyrrole nitrogens is 1. The number of aromatic amines is 1. The van der Waals surface area contributed by atoms with Crippen molar-refractivity contribution >= 4 is 68.0 Å². The van der Waals surface area contributed by atoms with Crippen LogP contribution in [-0.2, 0) is 69.8 Å². The molecule has 1 fully saturated rings. The van der Waals surface area contributed by atoms with Crippen molar-refractivity contribution in [3.8, 4) is 0 Å². The number of aryl methyl sites for hydroxylation is 1. The molecule has 396 valence electrons. The molecule has 1 aromatic heterocycles. The Hall–Kier alpha value is -5.51. The van der Waals surface area contributed by atoms with Crippen molar-refractivity contribution in [3.63, 3.8) is 0 Å². The van der Waals surface area contributed by atoms with Crippen LogP contribution in [0.15, 0.2) is 48.0 Å². The quantitative estimate of drug-likeness (QED) is 0.0114. The molecule has 0 bridgehead atoms. The fourth-order valence-electron chi connectivity index (χ4n) is 7.03. The Morgan fingerprint density at radius 3 is 2.23 bits per heavy atom. The highest BCUT2D eigenvalue weighted by molar-refractivity contribution is 7.80. The number of imidazole rings is 1. The van der Waals surface area contributed by atoms with Crippen molar-refractivity contribution in [1.82, 2.24) is 41.5 Å². The Morgan fingerprint density at radius 2 is 1.61 bits per heavy atom. The second kappa shape index (κ2) is 31.1. The number of phosphoric ester groups is 1. The smallest absolute Gasteiger partial charge is 0.394 e. The first kappa shape index (κ1) is 59.8. The van der Waals surface area contributed by atoms with E-state index in [9.17, 15) is 53.0 Å². The summed E-state index contributed by atoms with van der Waals surface area (Å²) < 4.78 is 26.9. The van der Waals surface area contributed by atoms with E-state index in [4.69, 9.17) is 25.8 Å². The number of nitrogens with zero attached hydrogens (tertiary/aromatic N) is 3. The van der Waals surface area contributed by atoms with Crippen LogP contribution < -0.4 is 38.1 Å². The minimum atomic E-state index is -5.14. The Kier molecular flexibility index (Phi) is 26.2. The number of hydrogen-bond donors (Lipinski definition) is 12. The van der Waals surface area contributed by atoms with Crippen molar-refractivity contribution < 1.29 is 71.9 Å². The van der Waals surface area contributed by atoms with Crippen LogP contribution in [0, 0.1) is 5.92 Å². The van der Waals surface area contributed by atoms with Crippen molar-refractivity contribution in [2.24, 2.45) is 22.5 Å². The van der Waals surface area contributed by atoms with Crippen LogP contribution in [0.25, 0.3) is 0 Å². The van der Waals surface area contributed by atoms with Crippen molar-refractivity contribution in [2.75, 3.05) is 51.9 Å². The largest absolute Gasteiger partial charge is 0.469 e. The first-order valence-corrected chi connectivity index (χ1v) is 25.0. The normalized spacial score (nSPS) is 17.4. The minimum absolute atomic E-state index is 0.0124. The van der Waals surface area contributed by atoms with Crippen molar-refractivity contribution in [2.45, 2.75) is 108 Å². The molecule has 0 radical (unpaired) electrons. The molecule has 1 aliphatic rings. The van der Waals surface area contributed by atoms with Gasteiger partial charge < -0.3 is 77.1 Å². The highest BCUT2D eigenvalue weighted by Gasteiger charge is 2.42. The van der Waals surface area contributed by atoms with Crippen LogP contribution in [0.5, 0.6) is 0 Å².